The second kappa shape index (κ2) is 7.49. The molecule has 2 aromatic rings. The molecule has 0 bridgehead atoms. The molecular weight excluding hydrogens is 304 g/mol. The van der Waals surface area contributed by atoms with Crippen LogP contribution >= 0.6 is 0 Å². The van der Waals surface area contributed by atoms with Crippen LogP contribution in [0.1, 0.15) is 28.8 Å². The number of benzene rings is 1. The number of carbonyl (C=O) groups excluding carboxylic acids is 1. The maximum absolute atomic E-state index is 12.6. The SMILES string of the molecule is CNC1CCN(C(=O)c2cnn(Cc3ccc(OC)cc3)c2)CC1. The molecule has 1 fully saturated rings. The van der Waals surface area contributed by atoms with Gasteiger partial charge in [-0.15, -0.1) is 0 Å². The maximum Gasteiger partial charge on any atom is 0.257 e. The van der Waals surface area contributed by atoms with Gasteiger partial charge in [0, 0.05) is 25.3 Å². The van der Waals surface area contributed by atoms with Crippen molar-refractivity contribution in [2.45, 2.75) is 25.4 Å². The fourth-order valence-corrected chi connectivity index (χ4v) is 3.03. The Balaban J connectivity index is 1.61. The minimum absolute atomic E-state index is 0.0746. The molecule has 6 nitrogen and oxygen atoms in total. The van der Waals surface area contributed by atoms with Gasteiger partial charge in [-0.1, -0.05) is 12.1 Å². The van der Waals surface area contributed by atoms with E-state index in [1.165, 1.54) is 0 Å². The van der Waals surface area contributed by atoms with Gasteiger partial charge in [-0.05, 0) is 37.6 Å². The highest BCUT2D eigenvalue weighted by atomic mass is 16.5. The van der Waals surface area contributed by atoms with Crippen molar-refractivity contribution in [1.29, 1.82) is 0 Å². The van der Waals surface area contributed by atoms with Crippen LogP contribution in [0.15, 0.2) is 36.7 Å². The second-order valence-corrected chi connectivity index (χ2v) is 6.13. The lowest BCUT2D eigenvalue weighted by Crippen LogP contribution is -2.43. The van der Waals surface area contributed by atoms with Crippen molar-refractivity contribution in [2.24, 2.45) is 0 Å². The van der Waals surface area contributed by atoms with E-state index in [4.69, 9.17) is 4.74 Å². The molecule has 0 radical (unpaired) electrons. The zero-order chi connectivity index (χ0) is 16.9. The first-order chi connectivity index (χ1) is 11.7. The van der Waals surface area contributed by atoms with Gasteiger partial charge in [0.25, 0.3) is 5.91 Å². The van der Waals surface area contributed by atoms with Crippen LogP contribution in [-0.4, -0.2) is 53.9 Å². The van der Waals surface area contributed by atoms with Gasteiger partial charge in [0.2, 0.25) is 0 Å². The van der Waals surface area contributed by atoms with E-state index in [-0.39, 0.29) is 5.91 Å². The normalized spacial score (nSPS) is 15.5. The van der Waals surface area contributed by atoms with Gasteiger partial charge in [0.15, 0.2) is 0 Å². The first kappa shape index (κ1) is 16.5. The first-order valence-corrected chi connectivity index (χ1v) is 8.31. The molecule has 1 aliphatic rings. The first-order valence-electron chi connectivity index (χ1n) is 8.31. The number of likely N-dealkylation sites (tertiary alicyclic amines) is 1. The quantitative estimate of drug-likeness (QED) is 0.909. The molecule has 1 aliphatic heterocycles. The second-order valence-electron chi connectivity index (χ2n) is 6.13. The summed E-state index contributed by atoms with van der Waals surface area (Å²) in [5, 5.41) is 7.61. The van der Waals surface area contributed by atoms with Crippen LogP contribution < -0.4 is 10.1 Å². The Labute approximate surface area is 142 Å². The van der Waals surface area contributed by atoms with Crippen LogP contribution in [0.2, 0.25) is 0 Å². The third-order valence-electron chi connectivity index (χ3n) is 4.57. The number of methoxy groups -OCH3 is 1. The molecule has 1 amide bonds. The van der Waals surface area contributed by atoms with Crippen LogP contribution in [0.5, 0.6) is 5.75 Å². The third kappa shape index (κ3) is 3.76. The molecule has 3 rings (SSSR count). The number of piperidine rings is 1. The standard InChI is InChI=1S/C18H24N4O2/c1-19-16-7-9-21(10-8-16)18(23)15-11-20-22(13-15)12-14-3-5-17(24-2)6-4-14/h3-6,11,13,16,19H,7-10,12H2,1-2H3. The van der Waals surface area contributed by atoms with Gasteiger partial charge in [-0.25, -0.2) is 0 Å². The molecule has 128 valence electrons. The van der Waals surface area contributed by atoms with Gasteiger partial charge < -0.3 is 15.0 Å². The number of ether oxygens (including phenoxy) is 1. The molecule has 24 heavy (non-hydrogen) atoms. The lowest BCUT2D eigenvalue weighted by Gasteiger charge is -2.31. The smallest absolute Gasteiger partial charge is 0.257 e. The molecule has 1 saturated heterocycles. The Kier molecular flexibility index (Phi) is 5.15. The Hall–Kier alpha value is -2.34. The largest absolute Gasteiger partial charge is 0.497 e. The van der Waals surface area contributed by atoms with Gasteiger partial charge in [0.05, 0.1) is 25.4 Å². The van der Waals surface area contributed by atoms with Crippen molar-refractivity contribution in [3.63, 3.8) is 0 Å². The van der Waals surface area contributed by atoms with Crippen LogP contribution in [0.25, 0.3) is 0 Å². The molecule has 1 N–H and O–H groups in total. The Morgan fingerprint density at radius 1 is 1.29 bits per heavy atom. The molecule has 1 aromatic carbocycles. The lowest BCUT2D eigenvalue weighted by molar-refractivity contribution is 0.0707. The molecule has 2 heterocycles. The number of hydrogen-bond donors (Lipinski definition) is 1. The van der Waals surface area contributed by atoms with E-state index in [1.54, 1.807) is 18.0 Å². The summed E-state index contributed by atoms with van der Waals surface area (Å²) in [4.78, 5) is 14.5. The number of nitrogens with one attached hydrogen (secondary N) is 1. The Morgan fingerprint density at radius 2 is 2.00 bits per heavy atom. The predicted octanol–water partition coefficient (Wildman–Crippen LogP) is 1.76. The monoisotopic (exact) mass is 328 g/mol. The molecule has 6 heteroatoms. The van der Waals surface area contributed by atoms with Crippen LogP contribution in [-0.2, 0) is 6.54 Å². The number of aromatic nitrogens is 2. The van der Waals surface area contributed by atoms with Gasteiger partial charge in [0.1, 0.15) is 5.75 Å². The highest BCUT2D eigenvalue weighted by molar-refractivity contribution is 5.93. The third-order valence-corrected chi connectivity index (χ3v) is 4.57. The van der Waals surface area contributed by atoms with Crippen molar-refractivity contribution >= 4 is 5.91 Å². The Morgan fingerprint density at radius 3 is 2.62 bits per heavy atom. The Bertz CT molecular complexity index is 673. The molecule has 0 aliphatic carbocycles. The van der Waals surface area contributed by atoms with E-state index >= 15 is 0 Å². The highest BCUT2D eigenvalue weighted by Gasteiger charge is 2.23. The summed E-state index contributed by atoms with van der Waals surface area (Å²) in [6.07, 6.45) is 5.50. The van der Waals surface area contributed by atoms with Crippen molar-refractivity contribution in [1.82, 2.24) is 20.0 Å². The lowest BCUT2D eigenvalue weighted by atomic mass is 10.0. The predicted molar refractivity (Wildman–Crippen MR) is 92.3 cm³/mol. The molecule has 0 spiro atoms. The zero-order valence-electron chi connectivity index (χ0n) is 14.2. The average molecular weight is 328 g/mol. The van der Waals surface area contributed by atoms with E-state index in [0.29, 0.717) is 18.2 Å². The highest BCUT2D eigenvalue weighted by Crippen LogP contribution is 2.15. The van der Waals surface area contributed by atoms with Crippen LogP contribution in [0.4, 0.5) is 0 Å². The van der Waals surface area contributed by atoms with E-state index in [0.717, 1.165) is 37.2 Å². The average Bonchev–Trinajstić information content (AvgIpc) is 3.10. The number of hydrogen-bond acceptors (Lipinski definition) is 4. The summed E-state index contributed by atoms with van der Waals surface area (Å²) in [5.41, 5.74) is 1.78. The summed E-state index contributed by atoms with van der Waals surface area (Å²) >= 11 is 0. The van der Waals surface area contributed by atoms with Crippen molar-refractivity contribution in [3.05, 3.63) is 47.8 Å². The van der Waals surface area contributed by atoms with Gasteiger partial charge in [-0.3, -0.25) is 9.48 Å². The summed E-state index contributed by atoms with van der Waals surface area (Å²) < 4.78 is 6.96. The molecule has 0 saturated carbocycles. The maximum atomic E-state index is 12.6. The number of nitrogens with zero attached hydrogens (tertiary/aromatic N) is 3. The molecular formula is C18H24N4O2. The van der Waals surface area contributed by atoms with E-state index < -0.39 is 0 Å². The minimum atomic E-state index is 0.0746. The van der Waals surface area contributed by atoms with E-state index in [9.17, 15) is 4.79 Å². The number of amides is 1. The van der Waals surface area contributed by atoms with E-state index in [2.05, 4.69) is 10.4 Å². The van der Waals surface area contributed by atoms with Crippen molar-refractivity contribution in [3.8, 4) is 5.75 Å². The van der Waals surface area contributed by atoms with Crippen molar-refractivity contribution < 1.29 is 9.53 Å². The molecule has 0 unspecified atom stereocenters. The van der Waals surface area contributed by atoms with Crippen LogP contribution in [0, 0.1) is 0 Å². The summed E-state index contributed by atoms with van der Waals surface area (Å²) in [6.45, 7) is 2.24. The van der Waals surface area contributed by atoms with Gasteiger partial charge in [-0.2, -0.15) is 5.10 Å². The minimum Gasteiger partial charge on any atom is -0.497 e. The summed E-state index contributed by atoms with van der Waals surface area (Å²) in [6, 6.07) is 8.38. The topological polar surface area (TPSA) is 59.4 Å². The number of rotatable bonds is 5. The fraction of sp³-hybridized carbons (Fsp3) is 0.444. The van der Waals surface area contributed by atoms with E-state index in [1.807, 2.05) is 42.4 Å². The molecule has 1 aromatic heterocycles. The number of carbonyl (C=O) groups is 1. The zero-order valence-corrected chi connectivity index (χ0v) is 14.2. The van der Waals surface area contributed by atoms with Crippen molar-refractivity contribution in [2.75, 3.05) is 27.2 Å². The summed E-state index contributed by atoms with van der Waals surface area (Å²) in [7, 11) is 3.63. The van der Waals surface area contributed by atoms with Gasteiger partial charge >= 0.3 is 0 Å². The fourth-order valence-electron chi connectivity index (χ4n) is 3.03. The summed E-state index contributed by atoms with van der Waals surface area (Å²) in [5.74, 6) is 0.908. The molecule has 0 atom stereocenters. The van der Waals surface area contributed by atoms with Crippen LogP contribution in [0.3, 0.4) is 0 Å².